The molecule has 2 aliphatic rings. The Bertz CT molecular complexity index is 519. The van der Waals surface area contributed by atoms with Crippen molar-refractivity contribution in [3.63, 3.8) is 0 Å². The number of nitrogens with zero attached hydrogens (tertiary/aromatic N) is 2. The second-order valence-corrected chi connectivity index (χ2v) is 6.34. The van der Waals surface area contributed by atoms with Gasteiger partial charge in [-0.15, -0.1) is 24.0 Å². The van der Waals surface area contributed by atoms with Gasteiger partial charge in [-0.25, -0.2) is 0 Å². The van der Waals surface area contributed by atoms with Gasteiger partial charge in [0, 0.05) is 42.9 Å². The molecule has 2 N–H and O–H groups in total. The number of anilines is 1. The Hall–Kier alpha value is -0.690. The molecular formula is C16H24ClIN4. The fourth-order valence-corrected chi connectivity index (χ4v) is 3.08. The zero-order valence-corrected chi connectivity index (χ0v) is 16.0. The van der Waals surface area contributed by atoms with Crippen LogP contribution in [0.15, 0.2) is 29.3 Å². The van der Waals surface area contributed by atoms with Crippen molar-refractivity contribution in [3.05, 3.63) is 29.3 Å². The Morgan fingerprint density at radius 1 is 1.23 bits per heavy atom. The van der Waals surface area contributed by atoms with Crippen LogP contribution in [0.4, 0.5) is 5.69 Å². The maximum atomic E-state index is 6.07. The molecule has 0 bridgehead atoms. The highest BCUT2D eigenvalue weighted by Gasteiger charge is 2.25. The molecule has 1 heterocycles. The minimum atomic E-state index is 0. The van der Waals surface area contributed by atoms with Gasteiger partial charge in [-0.2, -0.15) is 0 Å². The van der Waals surface area contributed by atoms with Crippen LogP contribution in [-0.2, 0) is 0 Å². The molecule has 1 saturated carbocycles. The van der Waals surface area contributed by atoms with Crippen molar-refractivity contribution >= 4 is 47.2 Å². The first-order valence-corrected chi connectivity index (χ1v) is 8.13. The van der Waals surface area contributed by atoms with Gasteiger partial charge in [-0.3, -0.25) is 4.99 Å². The summed E-state index contributed by atoms with van der Waals surface area (Å²) in [6.07, 6.45) is 4.98. The minimum Gasteiger partial charge on any atom is -0.369 e. The first-order valence-electron chi connectivity index (χ1n) is 7.75. The second kappa shape index (κ2) is 8.24. The van der Waals surface area contributed by atoms with Crippen LogP contribution in [0.1, 0.15) is 25.7 Å². The monoisotopic (exact) mass is 434 g/mol. The molecule has 1 unspecified atom stereocenters. The molecule has 6 heteroatoms. The van der Waals surface area contributed by atoms with Crippen molar-refractivity contribution in [2.75, 3.05) is 25.0 Å². The van der Waals surface area contributed by atoms with E-state index in [1.165, 1.54) is 24.9 Å². The maximum Gasteiger partial charge on any atom is 0.191 e. The molecule has 22 heavy (non-hydrogen) atoms. The SMILES string of the molecule is CN=C(NC1CCC1)NC1CCN(c2cccc(Cl)c2)C1.I. The van der Waals surface area contributed by atoms with E-state index in [2.05, 4.69) is 26.6 Å². The van der Waals surface area contributed by atoms with E-state index in [0.717, 1.165) is 30.5 Å². The van der Waals surface area contributed by atoms with E-state index in [-0.39, 0.29) is 24.0 Å². The van der Waals surface area contributed by atoms with Crippen LogP contribution < -0.4 is 15.5 Å². The Kier molecular flexibility index (Phi) is 6.62. The molecule has 122 valence electrons. The Balaban J connectivity index is 0.00000176. The van der Waals surface area contributed by atoms with Crippen molar-refractivity contribution in [2.24, 2.45) is 4.99 Å². The van der Waals surface area contributed by atoms with E-state index in [1.807, 2.05) is 25.2 Å². The molecule has 0 amide bonds. The average molecular weight is 435 g/mol. The number of rotatable bonds is 3. The first kappa shape index (κ1) is 17.7. The summed E-state index contributed by atoms with van der Waals surface area (Å²) in [5.41, 5.74) is 1.20. The molecule has 1 aromatic rings. The predicted octanol–water partition coefficient (Wildman–Crippen LogP) is 3.25. The molecule has 1 aromatic carbocycles. The lowest BCUT2D eigenvalue weighted by atomic mass is 9.93. The summed E-state index contributed by atoms with van der Waals surface area (Å²) < 4.78 is 0. The van der Waals surface area contributed by atoms with Gasteiger partial charge in [-0.05, 0) is 43.9 Å². The first-order chi connectivity index (χ1) is 10.2. The number of halogens is 2. The van der Waals surface area contributed by atoms with Gasteiger partial charge in [0.25, 0.3) is 0 Å². The van der Waals surface area contributed by atoms with Crippen molar-refractivity contribution in [3.8, 4) is 0 Å². The van der Waals surface area contributed by atoms with Gasteiger partial charge in [-0.1, -0.05) is 17.7 Å². The van der Waals surface area contributed by atoms with E-state index in [4.69, 9.17) is 11.6 Å². The minimum absolute atomic E-state index is 0. The average Bonchev–Trinajstić information content (AvgIpc) is 2.90. The van der Waals surface area contributed by atoms with E-state index >= 15 is 0 Å². The molecule has 0 aromatic heterocycles. The van der Waals surface area contributed by atoms with Crippen molar-refractivity contribution in [2.45, 2.75) is 37.8 Å². The normalized spacial score (nSPS) is 22.0. The molecule has 0 radical (unpaired) electrons. The number of aliphatic imine (C=N–C) groups is 1. The number of guanidine groups is 1. The highest BCUT2D eigenvalue weighted by atomic mass is 127. The van der Waals surface area contributed by atoms with Crippen LogP contribution in [-0.4, -0.2) is 38.2 Å². The summed E-state index contributed by atoms with van der Waals surface area (Å²) in [6.45, 7) is 2.05. The number of hydrogen-bond donors (Lipinski definition) is 2. The zero-order valence-electron chi connectivity index (χ0n) is 12.9. The topological polar surface area (TPSA) is 39.7 Å². The van der Waals surface area contributed by atoms with Crippen molar-refractivity contribution in [1.29, 1.82) is 0 Å². The van der Waals surface area contributed by atoms with E-state index in [0.29, 0.717) is 12.1 Å². The third kappa shape index (κ3) is 4.41. The molecular weight excluding hydrogens is 411 g/mol. The number of hydrogen-bond acceptors (Lipinski definition) is 2. The van der Waals surface area contributed by atoms with Crippen LogP contribution in [0.2, 0.25) is 5.02 Å². The summed E-state index contributed by atoms with van der Waals surface area (Å²) in [7, 11) is 1.84. The molecule has 2 fully saturated rings. The maximum absolute atomic E-state index is 6.07. The smallest absolute Gasteiger partial charge is 0.191 e. The molecule has 3 rings (SSSR count). The van der Waals surface area contributed by atoms with Crippen LogP contribution >= 0.6 is 35.6 Å². The van der Waals surface area contributed by atoms with Crippen LogP contribution in [0.3, 0.4) is 0 Å². The van der Waals surface area contributed by atoms with Crippen LogP contribution in [0, 0.1) is 0 Å². The third-order valence-electron chi connectivity index (χ3n) is 4.37. The third-order valence-corrected chi connectivity index (χ3v) is 4.61. The predicted molar refractivity (Wildman–Crippen MR) is 105 cm³/mol. The largest absolute Gasteiger partial charge is 0.369 e. The second-order valence-electron chi connectivity index (χ2n) is 5.90. The van der Waals surface area contributed by atoms with Gasteiger partial charge in [0.05, 0.1) is 0 Å². The lowest BCUT2D eigenvalue weighted by molar-refractivity contribution is 0.378. The molecule has 0 spiro atoms. The van der Waals surface area contributed by atoms with Gasteiger partial charge in [0.15, 0.2) is 5.96 Å². The van der Waals surface area contributed by atoms with Crippen LogP contribution in [0.25, 0.3) is 0 Å². The fraction of sp³-hybridized carbons (Fsp3) is 0.562. The molecule has 1 atom stereocenters. The van der Waals surface area contributed by atoms with Gasteiger partial charge in [0.1, 0.15) is 0 Å². The van der Waals surface area contributed by atoms with E-state index in [1.54, 1.807) is 0 Å². The lowest BCUT2D eigenvalue weighted by Crippen LogP contribution is -2.50. The van der Waals surface area contributed by atoms with Crippen molar-refractivity contribution in [1.82, 2.24) is 10.6 Å². The lowest BCUT2D eigenvalue weighted by Gasteiger charge is -2.29. The summed E-state index contributed by atoms with van der Waals surface area (Å²) >= 11 is 6.07. The van der Waals surface area contributed by atoms with Crippen molar-refractivity contribution < 1.29 is 0 Å². The Labute approximate surface area is 154 Å². The fourth-order valence-electron chi connectivity index (χ4n) is 2.90. The van der Waals surface area contributed by atoms with Gasteiger partial charge < -0.3 is 15.5 Å². The standard InChI is InChI=1S/C16H23ClN4.HI/c1-18-16(19-13-5-3-6-13)20-14-8-9-21(11-14)15-7-2-4-12(17)10-15;/h2,4,7,10,13-14H,3,5-6,8-9,11H2,1H3,(H2,18,19,20);1H. The highest BCUT2D eigenvalue weighted by molar-refractivity contribution is 14.0. The number of nitrogens with one attached hydrogen (secondary N) is 2. The van der Waals surface area contributed by atoms with E-state index < -0.39 is 0 Å². The Morgan fingerprint density at radius 3 is 2.64 bits per heavy atom. The zero-order chi connectivity index (χ0) is 14.7. The van der Waals surface area contributed by atoms with E-state index in [9.17, 15) is 0 Å². The van der Waals surface area contributed by atoms with Gasteiger partial charge >= 0.3 is 0 Å². The molecule has 1 aliphatic heterocycles. The Morgan fingerprint density at radius 2 is 2.00 bits per heavy atom. The summed E-state index contributed by atoms with van der Waals surface area (Å²) in [4.78, 5) is 6.72. The molecule has 1 saturated heterocycles. The number of benzene rings is 1. The summed E-state index contributed by atoms with van der Waals surface area (Å²) in [5, 5.41) is 7.83. The summed E-state index contributed by atoms with van der Waals surface area (Å²) in [5.74, 6) is 0.942. The summed E-state index contributed by atoms with van der Waals surface area (Å²) in [6, 6.07) is 9.13. The quantitative estimate of drug-likeness (QED) is 0.436. The molecule has 4 nitrogen and oxygen atoms in total. The highest BCUT2D eigenvalue weighted by Crippen LogP contribution is 2.23. The van der Waals surface area contributed by atoms with Crippen LogP contribution in [0.5, 0.6) is 0 Å². The molecule has 1 aliphatic carbocycles. The van der Waals surface area contributed by atoms with Gasteiger partial charge in [0.2, 0.25) is 0 Å².